The number of rotatable bonds is 10. The van der Waals surface area contributed by atoms with E-state index in [1.54, 1.807) is 0 Å². The molecule has 0 spiro atoms. The first kappa shape index (κ1) is 25.3. The summed E-state index contributed by atoms with van der Waals surface area (Å²) in [6.45, 7) is 10.5. The molecule has 8 nitrogen and oxygen atoms in total. The second-order valence-electron chi connectivity index (χ2n) is 8.31. The minimum absolute atomic E-state index is 0.0572. The third-order valence-corrected chi connectivity index (χ3v) is 6.26. The summed E-state index contributed by atoms with van der Waals surface area (Å²) in [6, 6.07) is 4.88. The van der Waals surface area contributed by atoms with Gasteiger partial charge in [-0.05, 0) is 61.3 Å². The van der Waals surface area contributed by atoms with E-state index >= 15 is 0 Å². The van der Waals surface area contributed by atoms with Gasteiger partial charge >= 0.3 is 0 Å². The Morgan fingerprint density at radius 3 is 2.44 bits per heavy atom. The van der Waals surface area contributed by atoms with Crippen molar-refractivity contribution in [2.75, 3.05) is 17.2 Å². The van der Waals surface area contributed by atoms with Gasteiger partial charge in [-0.25, -0.2) is 0 Å². The number of nitrogens with zero attached hydrogens (tertiary/aromatic N) is 2. The molecule has 0 bridgehead atoms. The van der Waals surface area contributed by atoms with Gasteiger partial charge in [-0.1, -0.05) is 39.3 Å². The van der Waals surface area contributed by atoms with E-state index in [4.69, 9.17) is 11.5 Å². The van der Waals surface area contributed by atoms with Gasteiger partial charge in [0, 0.05) is 12.2 Å². The van der Waals surface area contributed by atoms with Crippen LogP contribution in [0.15, 0.2) is 18.2 Å². The van der Waals surface area contributed by atoms with Crippen molar-refractivity contribution in [1.29, 1.82) is 0 Å². The molecule has 0 aliphatic carbocycles. The molecule has 5 N–H and O–H groups in total. The van der Waals surface area contributed by atoms with Gasteiger partial charge in [0.05, 0.1) is 5.69 Å². The maximum absolute atomic E-state index is 13.8. The van der Waals surface area contributed by atoms with Gasteiger partial charge in [0.25, 0.3) is 11.8 Å². The van der Waals surface area contributed by atoms with Crippen LogP contribution in [0.5, 0.6) is 0 Å². The van der Waals surface area contributed by atoms with Crippen molar-refractivity contribution in [2.45, 2.75) is 59.9 Å². The minimum atomic E-state index is -0.798. The molecule has 1 unspecified atom stereocenters. The predicted octanol–water partition coefficient (Wildman–Crippen LogP) is 3.42. The molecule has 0 aliphatic rings. The number of aromatic nitrogens is 1. The Kier molecular flexibility index (Phi) is 8.77. The first-order valence-corrected chi connectivity index (χ1v) is 11.6. The van der Waals surface area contributed by atoms with E-state index in [1.807, 2.05) is 39.0 Å². The lowest BCUT2D eigenvalue weighted by Crippen LogP contribution is -2.50. The molecule has 3 amide bonds. The van der Waals surface area contributed by atoms with Crippen molar-refractivity contribution in [2.24, 2.45) is 11.7 Å². The number of hydrogen-bond acceptors (Lipinski definition) is 6. The third kappa shape index (κ3) is 5.64. The second-order valence-corrected chi connectivity index (χ2v) is 9.08. The van der Waals surface area contributed by atoms with Crippen LogP contribution in [0.1, 0.15) is 71.3 Å². The minimum Gasteiger partial charge on any atom is -0.395 e. The van der Waals surface area contributed by atoms with E-state index in [-0.39, 0.29) is 22.2 Å². The van der Waals surface area contributed by atoms with Gasteiger partial charge in [-0.3, -0.25) is 19.3 Å². The number of amides is 3. The van der Waals surface area contributed by atoms with E-state index in [0.717, 1.165) is 29.1 Å². The summed E-state index contributed by atoms with van der Waals surface area (Å²) in [5, 5.41) is 2.98. The van der Waals surface area contributed by atoms with Crippen molar-refractivity contribution in [3.8, 4) is 0 Å². The molecule has 0 radical (unpaired) electrons. The standard InChI is InChI=1S/C23H33N5O3S/c1-6-8-17(22(30)26-12-11-13(2)3)28(16-10-7-9-14(4)15(16)5)23(31)20-18(24)19(21(25)29)27-32-20/h7,9-10,13,17H,6,8,11-12,24H2,1-5H3,(H2,25,29)(H,26,30). The molecule has 2 aromatic rings. The molecule has 1 atom stereocenters. The average molecular weight is 460 g/mol. The van der Waals surface area contributed by atoms with Crippen LogP contribution in [0.2, 0.25) is 0 Å². The molecule has 1 heterocycles. The smallest absolute Gasteiger partial charge is 0.272 e. The average Bonchev–Trinajstić information content (AvgIpc) is 3.11. The number of aryl methyl sites for hydroxylation is 1. The molecule has 0 aliphatic heterocycles. The van der Waals surface area contributed by atoms with Crippen molar-refractivity contribution in [3.63, 3.8) is 0 Å². The Hall–Kier alpha value is -2.94. The lowest BCUT2D eigenvalue weighted by Gasteiger charge is -2.32. The van der Waals surface area contributed by atoms with Gasteiger partial charge in [0.1, 0.15) is 10.9 Å². The highest BCUT2D eigenvalue weighted by molar-refractivity contribution is 7.09. The molecule has 32 heavy (non-hydrogen) atoms. The van der Waals surface area contributed by atoms with E-state index in [9.17, 15) is 14.4 Å². The van der Waals surface area contributed by atoms with E-state index in [1.165, 1.54) is 4.90 Å². The summed E-state index contributed by atoms with van der Waals surface area (Å²) in [7, 11) is 0. The van der Waals surface area contributed by atoms with E-state index in [2.05, 4.69) is 23.5 Å². The molecular formula is C23H33N5O3S. The Balaban J connectivity index is 2.56. The van der Waals surface area contributed by atoms with Crippen molar-refractivity contribution < 1.29 is 14.4 Å². The number of anilines is 2. The molecule has 174 valence electrons. The largest absolute Gasteiger partial charge is 0.395 e. The monoisotopic (exact) mass is 459 g/mol. The number of carbonyl (C=O) groups is 3. The Bertz CT molecular complexity index is 986. The van der Waals surface area contributed by atoms with Crippen LogP contribution in [0.4, 0.5) is 11.4 Å². The van der Waals surface area contributed by atoms with Gasteiger partial charge in [0.15, 0.2) is 5.69 Å². The molecule has 0 saturated heterocycles. The van der Waals surface area contributed by atoms with Crippen LogP contribution >= 0.6 is 11.5 Å². The molecule has 0 saturated carbocycles. The van der Waals surface area contributed by atoms with Crippen LogP contribution in [-0.2, 0) is 4.79 Å². The number of benzene rings is 1. The Morgan fingerprint density at radius 2 is 1.88 bits per heavy atom. The zero-order valence-electron chi connectivity index (χ0n) is 19.4. The molecule has 1 aromatic heterocycles. The summed E-state index contributed by atoms with van der Waals surface area (Å²) in [6.07, 6.45) is 2.00. The van der Waals surface area contributed by atoms with E-state index < -0.39 is 17.9 Å². The zero-order chi connectivity index (χ0) is 24.0. The number of nitrogens with two attached hydrogens (primary N) is 2. The highest BCUT2D eigenvalue weighted by Crippen LogP contribution is 2.31. The fourth-order valence-corrected chi connectivity index (χ4v) is 4.15. The highest BCUT2D eigenvalue weighted by Gasteiger charge is 2.35. The Morgan fingerprint density at radius 1 is 1.19 bits per heavy atom. The molecule has 0 fully saturated rings. The third-order valence-electron chi connectivity index (χ3n) is 5.41. The maximum Gasteiger partial charge on any atom is 0.272 e. The lowest BCUT2D eigenvalue weighted by atomic mass is 10.0. The Labute approximate surface area is 193 Å². The fourth-order valence-electron chi connectivity index (χ4n) is 3.41. The quantitative estimate of drug-likeness (QED) is 0.501. The zero-order valence-corrected chi connectivity index (χ0v) is 20.2. The summed E-state index contributed by atoms with van der Waals surface area (Å²) in [4.78, 5) is 40.2. The van der Waals surface area contributed by atoms with Crippen molar-refractivity contribution in [3.05, 3.63) is 39.9 Å². The summed E-state index contributed by atoms with van der Waals surface area (Å²) in [5.41, 5.74) is 13.7. The molecule has 2 rings (SSSR count). The second kappa shape index (κ2) is 11.1. The van der Waals surface area contributed by atoms with Gasteiger partial charge in [-0.15, -0.1) is 0 Å². The normalized spacial score (nSPS) is 11.9. The van der Waals surface area contributed by atoms with Crippen LogP contribution in [0.25, 0.3) is 0 Å². The van der Waals surface area contributed by atoms with Crippen LogP contribution in [-0.4, -0.2) is 34.7 Å². The lowest BCUT2D eigenvalue weighted by molar-refractivity contribution is -0.122. The van der Waals surface area contributed by atoms with Gasteiger partial charge in [-0.2, -0.15) is 4.37 Å². The number of primary amides is 1. The van der Waals surface area contributed by atoms with Gasteiger partial charge < -0.3 is 16.8 Å². The van der Waals surface area contributed by atoms with Crippen LogP contribution in [0.3, 0.4) is 0 Å². The predicted molar refractivity (Wildman–Crippen MR) is 129 cm³/mol. The first-order chi connectivity index (χ1) is 15.1. The SMILES string of the molecule is CCCC(C(=O)NCCC(C)C)N(C(=O)c1snc(C(N)=O)c1N)c1cccc(C)c1C. The van der Waals surface area contributed by atoms with Crippen molar-refractivity contribution >= 4 is 40.6 Å². The summed E-state index contributed by atoms with van der Waals surface area (Å²) in [5.74, 6) is -1.05. The van der Waals surface area contributed by atoms with Gasteiger partial charge in [0.2, 0.25) is 5.91 Å². The molecule has 1 aromatic carbocycles. The van der Waals surface area contributed by atoms with Crippen LogP contribution in [0, 0.1) is 19.8 Å². The van der Waals surface area contributed by atoms with Crippen molar-refractivity contribution in [1.82, 2.24) is 9.69 Å². The van der Waals surface area contributed by atoms with Crippen LogP contribution < -0.4 is 21.7 Å². The molecule has 9 heteroatoms. The fraction of sp³-hybridized carbons (Fsp3) is 0.478. The summed E-state index contributed by atoms with van der Waals surface area (Å²) >= 11 is 0.816. The first-order valence-electron chi connectivity index (χ1n) is 10.8. The highest BCUT2D eigenvalue weighted by atomic mass is 32.1. The maximum atomic E-state index is 13.8. The number of nitrogen functional groups attached to an aromatic ring is 1. The number of hydrogen-bond donors (Lipinski definition) is 3. The topological polar surface area (TPSA) is 131 Å². The number of nitrogens with one attached hydrogen (secondary N) is 1. The summed E-state index contributed by atoms with van der Waals surface area (Å²) < 4.78 is 3.97. The molecular weight excluding hydrogens is 426 g/mol. The van der Waals surface area contributed by atoms with E-state index in [0.29, 0.717) is 31.0 Å². The number of carbonyl (C=O) groups excluding carboxylic acids is 3.